The molecule has 7 nitrogen and oxygen atoms in total. The number of nitrogens with one attached hydrogen (secondary N) is 1. The first-order valence-corrected chi connectivity index (χ1v) is 5.26. The SMILES string of the molecule is CS(=O)(=O)N1C=Cn2ncnc2N1. The average molecular weight is 201 g/mol. The normalized spacial score (nSPS) is 15.3. The summed E-state index contributed by atoms with van der Waals surface area (Å²) >= 11 is 0. The van der Waals surface area contributed by atoms with E-state index in [-0.39, 0.29) is 0 Å². The molecule has 0 aromatic carbocycles. The molecule has 70 valence electrons. The van der Waals surface area contributed by atoms with Crippen molar-refractivity contribution in [2.75, 3.05) is 11.7 Å². The van der Waals surface area contributed by atoms with Gasteiger partial charge in [-0.1, -0.05) is 0 Å². The van der Waals surface area contributed by atoms with Crippen LogP contribution < -0.4 is 5.43 Å². The van der Waals surface area contributed by atoms with E-state index in [0.717, 1.165) is 10.7 Å². The van der Waals surface area contributed by atoms with Gasteiger partial charge in [0.25, 0.3) is 0 Å². The van der Waals surface area contributed by atoms with E-state index in [9.17, 15) is 8.42 Å². The van der Waals surface area contributed by atoms with Crippen LogP contribution in [0.3, 0.4) is 0 Å². The Balaban J connectivity index is 2.37. The van der Waals surface area contributed by atoms with Gasteiger partial charge in [-0.05, 0) is 0 Å². The fourth-order valence-electron chi connectivity index (χ4n) is 0.892. The Morgan fingerprint density at radius 1 is 1.46 bits per heavy atom. The Labute approximate surface area is 74.7 Å². The van der Waals surface area contributed by atoms with Gasteiger partial charge in [0.2, 0.25) is 16.0 Å². The molecule has 0 saturated carbocycles. The number of hydrogen-bond acceptors (Lipinski definition) is 5. The molecule has 1 aromatic heterocycles. The fraction of sp³-hybridized carbons (Fsp3) is 0.200. The van der Waals surface area contributed by atoms with Crippen LogP contribution in [0.2, 0.25) is 0 Å². The van der Waals surface area contributed by atoms with Crippen LogP contribution in [-0.2, 0) is 10.0 Å². The van der Waals surface area contributed by atoms with Gasteiger partial charge >= 0.3 is 0 Å². The summed E-state index contributed by atoms with van der Waals surface area (Å²) in [4.78, 5) is 3.80. The predicted octanol–water partition coefficient (Wildman–Crippen LogP) is -0.692. The number of fused-ring (bicyclic) bond motifs is 1. The lowest BCUT2D eigenvalue weighted by Crippen LogP contribution is -2.33. The minimum absolute atomic E-state index is 0.368. The van der Waals surface area contributed by atoms with Gasteiger partial charge in [0.05, 0.1) is 18.7 Å². The average Bonchev–Trinajstić information content (AvgIpc) is 2.47. The Morgan fingerprint density at radius 2 is 2.23 bits per heavy atom. The fourth-order valence-corrected chi connectivity index (χ4v) is 1.42. The van der Waals surface area contributed by atoms with E-state index >= 15 is 0 Å². The lowest BCUT2D eigenvalue weighted by Gasteiger charge is -2.21. The largest absolute Gasteiger partial charge is 0.252 e. The van der Waals surface area contributed by atoms with Gasteiger partial charge in [-0.2, -0.15) is 14.5 Å². The van der Waals surface area contributed by atoms with Crippen molar-refractivity contribution in [2.24, 2.45) is 0 Å². The quantitative estimate of drug-likeness (QED) is 0.650. The number of hydrogen-bond donors (Lipinski definition) is 1. The molecule has 1 aromatic rings. The zero-order valence-corrected chi connectivity index (χ0v) is 7.56. The summed E-state index contributed by atoms with van der Waals surface area (Å²) in [5, 5.41) is 3.81. The van der Waals surface area contributed by atoms with Gasteiger partial charge in [0, 0.05) is 0 Å². The number of nitrogens with zero attached hydrogens (tertiary/aromatic N) is 4. The number of aromatic nitrogens is 3. The Morgan fingerprint density at radius 3 is 2.92 bits per heavy atom. The molecule has 1 N–H and O–H groups in total. The highest BCUT2D eigenvalue weighted by atomic mass is 32.2. The number of hydrazine groups is 1. The lowest BCUT2D eigenvalue weighted by molar-refractivity contribution is 0.536. The Bertz CT molecular complexity index is 447. The summed E-state index contributed by atoms with van der Waals surface area (Å²) in [5.74, 6) is 0.368. The van der Waals surface area contributed by atoms with Gasteiger partial charge in [-0.3, -0.25) is 5.43 Å². The molecule has 1 aliphatic heterocycles. The molecule has 0 atom stereocenters. The van der Waals surface area contributed by atoms with E-state index in [1.165, 1.54) is 23.4 Å². The maximum atomic E-state index is 11.1. The smallest absolute Gasteiger partial charge is 0.249 e. The topological polar surface area (TPSA) is 80.1 Å². The van der Waals surface area contributed by atoms with E-state index in [4.69, 9.17) is 0 Å². The summed E-state index contributed by atoms with van der Waals surface area (Å²) in [6.07, 6.45) is 5.28. The first kappa shape index (κ1) is 8.05. The highest BCUT2D eigenvalue weighted by molar-refractivity contribution is 7.88. The summed E-state index contributed by atoms with van der Waals surface area (Å²) in [5.41, 5.74) is 2.56. The molecule has 2 heterocycles. The van der Waals surface area contributed by atoms with Gasteiger partial charge in [0.1, 0.15) is 6.33 Å². The molecule has 0 saturated heterocycles. The third-order valence-electron chi connectivity index (χ3n) is 1.48. The van der Waals surface area contributed by atoms with Crippen molar-refractivity contribution in [1.29, 1.82) is 0 Å². The maximum Gasteiger partial charge on any atom is 0.249 e. The highest BCUT2D eigenvalue weighted by Crippen LogP contribution is 2.12. The number of sulfonamides is 1. The van der Waals surface area contributed by atoms with Crippen molar-refractivity contribution >= 4 is 22.2 Å². The van der Waals surface area contributed by atoms with Gasteiger partial charge in [0.15, 0.2) is 0 Å². The lowest BCUT2D eigenvalue weighted by atomic mass is 10.8. The Hall–Kier alpha value is -1.57. The van der Waals surface area contributed by atoms with E-state index < -0.39 is 10.0 Å². The molecule has 0 radical (unpaired) electrons. The molecule has 2 rings (SSSR count). The molecule has 0 aliphatic carbocycles. The highest BCUT2D eigenvalue weighted by Gasteiger charge is 2.17. The maximum absolute atomic E-state index is 11.1. The van der Waals surface area contributed by atoms with E-state index in [0.29, 0.717) is 5.95 Å². The Kier molecular flexibility index (Phi) is 1.52. The molecule has 0 unspecified atom stereocenters. The minimum atomic E-state index is -3.29. The molecular formula is C5H7N5O2S. The van der Waals surface area contributed by atoms with Gasteiger partial charge < -0.3 is 0 Å². The van der Waals surface area contributed by atoms with E-state index in [2.05, 4.69) is 15.5 Å². The van der Waals surface area contributed by atoms with Crippen molar-refractivity contribution in [3.05, 3.63) is 12.5 Å². The van der Waals surface area contributed by atoms with Crippen LogP contribution in [0.15, 0.2) is 12.5 Å². The molecule has 0 fully saturated rings. The molecule has 0 spiro atoms. The minimum Gasteiger partial charge on any atom is -0.252 e. The predicted molar refractivity (Wildman–Crippen MR) is 45.7 cm³/mol. The second kappa shape index (κ2) is 2.46. The van der Waals surface area contributed by atoms with E-state index in [1.54, 1.807) is 0 Å². The summed E-state index contributed by atoms with van der Waals surface area (Å²) in [7, 11) is -3.29. The molecule has 1 aliphatic rings. The standard InChI is InChI=1S/C5H7N5O2S/c1-13(11,12)10-3-2-9-5(8-10)6-4-7-9/h2-4H,1H3,(H,6,7,8). The third-order valence-corrected chi connectivity index (χ3v) is 2.41. The monoisotopic (exact) mass is 201 g/mol. The van der Waals surface area contributed by atoms with Crippen LogP contribution >= 0.6 is 0 Å². The first-order chi connectivity index (χ1) is 6.07. The van der Waals surface area contributed by atoms with Crippen molar-refractivity contribution < 1.29 is 8.42 Å². The third kappa shape index (κ3) is 1.35. The zero-order valence-electron chi connectivity index (χ0n) is 6.75. The molecule has 0 bridgehead atoms. The molecule has 8 heteroatoms. The van der Waals surface area contributed by atoms with Crippen LogP contribution in [0.25, 0.3) is 6.20 Å². The van der Waals surface area contributed by atoms with Gasteiger partial charge in [-0.15, -0.1) is 0 Å². The second-order valence-corrected chi connectivity index (χ2v) is 4.36. The van der Waals surface area contributed by atoms with Gasteiger partial charge in [-0.25, -0.2) is 13.1 Å². The van der Waals surface area contributed by atoms with Crippen molar-refractivity contribution in [3.8, 4) is 0 Å². The number of anilines is 1. The zero-order chi connectivity index (χ0) is 9.47. The molecular weight excluding hydrogens is 194 g/mol. The van der Waals surface area contributed by atoms with Crippen LogP contribution in [-0.4, -0.2) is 33.9 Å². The van der Waals surface area contributed by atoms with Crippen molar-refractivity contribution in [2.45, 2.75) is 0 Å². The first-order valence-electron chi connectivity index (χ1n) is 3.41. The van der Waals surface area contributed by atoms with Crippen LogP contribution in [0.5, 0.6) is 0 Å². The molecule has 13 heavy (non-hydrogen) atoms. The van der Waals surface area contributed by atoms with Crippen LogP contribution in [0.1, 0.15) is 0 Å². The molecule has 0 amide bonds. The summed E-state index contributed by atoms with van der Waals surface area (Å²) in [6.45, 7) is 0. The van der Waals surface area contributed by atoms with Crippen LogP contribution in [0.4, 0.5) is 5.95 Å². The second-order valence-electron chi connectivity index (χ2n) is 2.50. The summed E-state index contributed by atoms with van der Waals surface area (Å²) < 4.78 is 24.5. The van der Waals surface area contributed by atoms with Crippen LogP contribution in [0, 0.1) is 0 Å². The summed E-state index contributed by atoms with van der Waals surface area (Å²) in [6, 6.07) is 0. The van der Waals surface area contributed by atoms with Crippen molar-refractivity contribution in [3.63, 3.8) is 0 Å². The van der Waals surface area contributed by atoms with Crippen molar-refractivity contribution in [1.82, 2.24) is 19.2 Å². The number of rotatable bonds is 1. The van der Waals surface area contributed by atoms with E-state index in [1.807, 2.05) is 0 Å².